The zero-order valence-electron chi connectivity index (χ0n) is 10.1. The van der Waals surface area contributed by atoms with Gasteiger partial charge in [0.2, 0.25) is 0 Å². The third-order valence-electron chi connectivity index (χ3n) is 2.24. The number of halogens is 3. The van der Waals surface area contributed by atoms with E-state index in [2.05, 4.69) is 0 Å². The molecule has 1 atom stereocenters. The number of aliphatic hydroxyl groups excluding tert-OH is 1. The number of hydrogen-bond donors (Lipinski definition) is 2. The standard InChI is InChI=1S/C12H15F3N2O/c1-17(2)7-10(11(16)18)8-4-3-5-9(6-8)12(13,14)15/h3-7,11,18H,16H2,1-2H3/b10-7-/t11-/m1/s1. The van der Waals surface area contributed by atoms with Gasteiger partial charge in [0, 0.05) is 25.9 Å². The Labute approximate surface area is 103 Å². The fraction of sp³-hybridized carbons (Fsp3) is 0.333. The van der Waals surface area contributed by atoms with Gasteiger partial charge in [-0.05, 0) is 17.7 Å². The minimum Gasteiger partial charge on any atom is -0.383 e. The zero-order chi connectivity index (χ0) is 13.9. The third-order valence-corrected chi connectivity index (χ3v) is 2.24. The molecule has 100 valence electrons. The van der Waals surface area contributed by atoms with Crippen LogP contribution in [-0.2, 0) is 6.18 Å². The molecule has 18 heavy (non-hydrogen) atoms. The second-order valence-corrected chi connectivity index (χ2v) is 4.07. The minimum atomic E-state index is -4.42. The van der Waals surface area contributed by atoms with Crippen molar-refractivity contribution in [2.75, 3.05) is 14.1 Å². The SMILES string of the molecule is CN(C)/C=C(/c1cccc(C(F)(F)F)c1)[C@H](N)O. The molecule has 1 rings (SSSR count). The fourth-order valence-electron chi connectivity index (χ4n) is 1.47. The summed E-state index contributed by atoms with van der Waals surface area (Å²) in [7, 11) is 3.38. The summed E-state index contributed by atoms with van der Waals surface area (Å²) in [6.45, 7) is 0. The summed E-state index contributed by atoms with van der Waals surface area (Å²) in [6.07, 6.45) is -4.27. The first kappa shape index (κ1) is 14.5. The smallest absolute Gasteiger partial charge is 0.383 e. The highest BCUT2D eigenvalue weighted by Crippen LogP contribution is 2.31. The van der Waals surface area contributed by atoms with Crippen molar-refractivity contribution in [3.8, 4) is 0 Å². The highest BCUT2D eigenvalue weighted by molar-refractivity contribution is 5.68. The van der Waals surface area contributed by atoms with E-state index in [1.54, 1.807) is 19.0 Å². The van der Waals surface area contributed by atoms with Crippen molar-refractivity contribution in [2.45, 2.75) is 12.4 Å². The van der Waals surface area contributed by atoms with E-state index in [1.165, 1.54) is 18.3 Å². The van der Waals surface area contributed by atoms with Crippen molar-refractivity contribution < 1.29 is 18.3 Å². The van der Waals surface area contributed by atoms with Gasteiger partial charge in [-0.15, -0.1) is 0 Å². The normalized spacial score (nSPS) is 14.5. The van der Waals surface area contributed by atoms with Crippen LogP contribution in [0.15, 0.2) is 30.5 Å². The van der Waals surface area contributed by atoms with Crippen LogP contribution >= 0.6 is 0 Å². The van der Waals surface area contributed by atoms with Gasteiger partial charge in [-0.3, -0.25) is 0 Å². The first-order valence-corrected chi connectivity index (χ1v) is 5.21. The molecule has 0 bridgehead atoms. The van der Waals surface area contributed by atoms with E-state index in [4.69, 9.17) is 5.73 Å². The molecule has 0 aliphatic carbocycles. The lowest BCUT2D eigenvalue weighted by atomic mass is 10.0. The molecule has 3 nitrogen and oxygen atoms in total. The molecule has 3 N–H and O–H groups in total. The van der Waals surface area contributed by atoms with Crippen molar-refractivity contribution >= 4 is 5.57 Å². The van der Waals surface area contributed by atoms with Crippen LogP contribution < -0.4 is 5.73 Å². The van der Waals surface area contributed by atoms with Crippen molar-refractivity contribution in [3.05, 3.63) is 41.6 Å². The molecular weight excluding hydrogens is 245 g/mol. The summed E-state index contributed by atoms with van der Waals surface area (Å²) in [4.78, 5) is 1.60. The number of nitrogens with zero attached hydrogens (tertiary/aromatic N) is 1. The molecule has 6 heteroatoms. The summed E-state index contributed by atoms with van der Waals surface area (Å²) in [5, 5.41) is 9.41. The van der Waals surface area contributed by atoms with E-state index < -0.39 is 18.0 Å². The van der Waals surface area contributed by atoms with Crippen molar-refractivity contribution in [1.82, 2.24) is 4.90 Å². The Balaban J connectivity index is 3.23. The molecule has 0 aromatic heterocycles. The highest BCUT2D eigenvalue weighted by atomic mass is 19.4. The van der Waals surface area contributed by atoms with E-state index in [1.807, 2.05) is 0 Å². The maximum absolute atomic E-state index is 12.6. The molecule has 0 saturated heterocycles. The fourth-order valence-corrected chi connectivity index (χ4v) is 1.47. The van der Waals surface area contributed by atoms with Gasteiger partial charge < -0.3 is 15.7 Å². The Morgan fingerprint density at radius 2 is 2.00 bits per heavy atom. The average Bonchev–Trinajstić information content (AvgIpc) is 2.24. The zero-order valence-corrected chi connectivity index (χ0v) is 10.1. The Kier molecular flexibility index (Phi) is 4.37. The van der Waals surface area contributed by atoms with Gasteiger partial charge >= 0.3 is 6.18 Å². The van der Waals surface area contributed by atoms with Crippen LogP contribution in [0.2, 0.25) is 0 Å². The number of aliphatic hydroxyl groups is 1. The van der Waals surface area contributed by atoms with Gasteiger partial charge in [0.1, 0.15) is 6.23 Å². The molecule has 0 aliphatic heterocycles. The second-order valence-electron chi connectivity index (χ2n) is 4.07. The summed E-state index contributed by atoms with van der Waals surface area (Å²) in [5.41, 5.74) is 5.05. The minimum absolute atomic E-state index is 0.228. The number of nitrogens with two attached hydrogens (primary N) is 1. The topological polar surface area (TPSA) is 49.5 Å². The van der Waals surface area contributed by atoms with Crippen LogP contribution in [0.3, 0.4) is 0 Å². The van der Waals surface area contributed by atoms with Crippen LogP contribution in [0.4, 0.5) is 13.2 Å². The van der Waals surface area contributed by atoms with Crippen LogP contribution in [0.1, 0.15) is 11.1 Å². The molecule has 1 aromatic rings. The highest BCUT2D eigenvalue weighted by Gasteiger charge is 2.30. The van der Waals surface area contributed by atoms with E-state index in [9.17, 15) is 18.3 Å². The second kappa shape index (κ2) is 5.41. The quantitative estimate of drug-likeness (QED) is 0.816. The summed E-state index contributed by atoms with van der Waals surface area (Å²) in [6, 6.07) is 4.69. The van der Waals surface area contributed by atoms with Crippen LogP contribution in [0, 0.1) is 0 Å². The molecule has 0 heterocycles. The molecule has 0 fully saturated rings. The van der Waals surface area contributed by atoms with Gasteiger partial charge in [0.25, 0.3) is 0 Å². The first-order chi connectivity index (χ1) is 8.21. The number of rotatable bonds is 3. The lowest BCUT2D eigenvalue weighted by Gasteiger charge is -2.16. The molecule has 1 aromatic carbocycles. The summed E-state index contributed by atoms with van der Waals surface area (Å²) >= 11 is 0. The molecule has 0 radical (unpaired) electrons. The lowest BCUT2D eigenvalue weighted by Crippen LogP contribution is -2.22. The molecular formula is C12H15F3N2O. The predicted octanol–water partition coefficient (Wildman–Crippen LogP) is 1.89. The molecule has 0 unspecified atom stereocenters. The predicted molar refractivity (Wildman–Crippen MR) is 63.3 cm³/mol. The molecule has 0 saturated carbocycles. The van der Waals surface area contributed by atoms with Crippen molar-refractivity contribution in [3.63, 3.8) is 0 Å². The van der Waals surface area contributed by atoms with Gasteiger partial charge in [0.15, 0.2) is 0 Å². The average molecular weight is 260 g/mol. The maximum Gasteiger partial charge on any atom is 0.416 e. The number of hydrogen-bond acceptors (Lipinski definition) is 3. The van der Waals surface area contributed by atoms with Crippen LogP contribution in [-0.4, -0.2) is 30.3 Å². The third kappa shape index (κ3) is 3.75. The van der Waals surface area contributed by atoms with Crippen LogP contribution in [0.5, 0.6) is 0 Å². The van der Waals surface area contributed by atoms with Crippen molar-refractivity contribution in [1.29, 1.82) is 0 Å². The monoisotopic (exact) mass is 260 g/mol. The van der Waals surface area contributed by atoms with Gasteiger partial charge in [0.05, 0.1) is 5.56 Å². The molecule has 0 amide bonds. The van der Waals surface area contributed by atoms with Gasteiger partial charge in [-0.2, -0.15) is 13.2 Å². The van der Waals surface area contributed by atoms with E-state index in [0.29, 0.717) is 0 Å². The van der Waals surface area contributed by atoms with E-state index in [-0.39, 0.29) is 11.1 Å². The Morgan fingerprint density at radius 3 is 2.44 bits per heavy atom. The number of alkyl halides is 3. The first-order valence-electron chi connectivity index (χ1n) is 5.21. The molecule has 0 spiro atoms. The Morgan fingerprint density at radius 1 is 1.39 bits per heavy atom. The lowest BCUT2D eigenvalue weighted by molar-refractivity contribution is -0.137. The largest absolute Gasteiger partial charge is 0.416 e. The summed E-state index contributed by atoms with van der Waals surface area (Å²) < 4.78 is 37.7. The van der Waals surface area contributed by atoms with Crippen LogP contribution in [0.25, 0.3) is 5.57 Å². The molecule has 0 aliphatic rings. The van der Waals surface area contributed by atoms with E-state index in [0.717, 1.165) is 12.1 Å². The Bertz CT molecular complexity index is 439. The Hall–Kier alpha value is -1.53. The maximum atomic E-state index is 12.6. The van der Waals surface area contributed by atoms with E-state index >= 15 is 0 Å². The summed E-state index contributed by atoms with van der Waals surface area (Å²) in [5.74, 6) is 0. The number of benzene rings is 1. The van der Waals surface area contributed by atoms with Gasteiger partial charge in [-0.1, -0.05) is 12.1 Å². The van der Waals surface area contributed by atoms with Gasteiger partial charge in [-0.25, -0.2) is 0 Å². The van der Waals surface area contributed by atoms with Crippen molar-refractivity contribution in [2.24, 2.45) is 5.73 Å².